The van der Waals surface area contributed by atoms with E-state index in [0.29, 0.717) is 11.5 Å². The number of aromatic amines is 1. The lowest BCUT2D eigenvalue weighted by Crippen LogP contribution is -2.34. The first-order valence-corrected chi connectivity index (χ1v) is 12.4. The maximum Gasteiger partial charge on any atom is 0.413 e. The number of carboxylic acid groups (broad SMARTS) is 1. The highest BCUT2D eigenvalue weighted by Crippen LogP contribution is 2.52. The van der Waals surface area contributed by atoms with Crippen LogP contribution in [0.4, 0.5) is 10.6 Å². The molecule has 0 unspecified atom stereocenters. The lowest BCUT2D eigenvalue weighted by Gasteiger charge is -2.27. The Morgan fingerprint density at radius 1 is 0.974 bits per heavy atom. The first kappa shape index (κ1) is 23.5. The van der Waals surface area contributed by atoms with Crippen LogP contribution < -0.4 is 4.90 Å². The summed E-state index contributed by atoms with van der Waals surface area (Å²) < 4.78 is 1.58. The predicted molar refractivity (Wildman–Crippen MR) is 141 cm³/mol. The first-order valence-electron chi connectivity index (χ1n) is 12.4. The molecule has 1 aliphatic carbocycles. The van der Waals surface area contributed by atoms with Gasteiger partial charge in [0.05, 0.1) is 17.1 Å². The fraction of sp³-hybridized carbons (Fsp3) is 0.214. The second-order valence-corrected chi connectivity index (χ2v) is 9.59. The highest BCUT2D eigenvalue weighted by molar-refractivity contribution is 5.87. The van der Waals surface area contributed by atoms with E-state index in [2.05, 4.69) is 55.2 Å². The topological polar surface area (TPSA) is 126 Å². The number of hydrogen-bond donors (Lipinski definition) is 2. The molecule has 2 N–H and O–H groups in total. The van der Waals surface area contributed by atoms with Crippen LogP contribution in [0, 0.1) is 6.92 Å². The molecule has 10 nitrogen and oxygen atoms in total. The number of anilines is 1. The summed E-state index contributed by atoms with van der Waals surface area (Å²) in [7, 11) is 0. The highest BCUT2D eigenvalue weighted by Gasteiger charge is 2.49. The lowest BCUT2D eigenvalue weighted by atomic mass is 9.93. The molecule has 6 rings (SSSR count). The zero-order valence-corrected chi connectivity index (χ0v) is 21.0. The van der Waals surface area contributed by atoms with E-state index < -0.39 is 12.1 Å². The third kappa shape index (κ3) is 4.00. The summed E-state index contributed by atoms with van der Waals surface area (Å²) in [5, 5.41) is 33.3. The number of rotatable bonds is 7. The molecule has 3 aromatic carbocycles. The minimum Gasteiger partial charge on any atom is -0.465 e. The molecule has 1 saturated carbocycles. The lowest BCUT2D eigenvalue weighted by molar-refractivity contribution is 0.199. The van der Waals surface area contributed by atoms with Crippen LogP contribution in [0.3, 0.4) is 0 Å². The molecule has 0 aliphatic heterocycles. The van der Waals surface area contributed by atoms with Crippen molar-refractivity contribution in [3.8, 4) is 16.8 Å². The zero-order chi connectivity index (χ0) is 26.3. The number of aryl methyl sites for hydroxylation is 1. The quantitative estimate of drug-likeness (QED) is 0.315. The van der Waals surface area contributed by atoms with E-state index in [0.717, 1.165) is 41.0 Å². The molecule has 5 aromatic rings. The van der Waals surface area contributed by atoms with Gasteiger partial charge in [-0.15, -0.1) is 15.3 Å². The Balaban J connectivity index is 1.28. The van der Waals surface area contributed by atoms with Crippen LogP contribution in [0.2, 0.25) is 0 Å². The molecular formula is C28H26N8O2. The summed E-state index contributed by atoms with van der Waals surface area (Å²) in [6.45, 7) is 3.63. The summed E-state index contributed by atoms with van der Waals surface area (Å²) in [5.74, 6) is 1.16. The van der Waals surface area contributed by atoms with Crippen LogP contribution in [0.15, 0.2) is 78.9 Å². The molecule has 190 valence electrons. The average Bonchev–Trinajstić information content (AvgIpc) is 3.39. The van der Waals surface area contributed by atoms with Gasteiger partial charge in [0.15, 0.2) is 11.6 Å². The van der Waals surface area contributed by atoms with Gasteiger partial charge in [-0.25, -0.2) is 4.79 Å². The van der Waals surface area contributed by atoms with Crippen LogP contribution >= 0.6 is 0 Å². The van der Waals surface area contributed by atoms with E-state index in [4.69, 9.17) is 0 Å². The van der Waals surface area contributed by atoms with E-state index in [1.165, 1.54) is 10.5 Å². The molecule has 2 heterocycles. The number of H-pyrrole nitrogens is 1. The highest BCUT2D eigenvalue weighted by atomic mass is 16.4. The number of nitrogens with one attached hydrogen (secondary N) is 1. The van der Waals surface area contributed by atoms with Crippen molar-refractivity contribution in [3.05, 3.63) is 102 Å². The van der Waals surface area contributed by atoms with Crippen molar-refractivity contribution in [2.24, 2.45) is 0 Å². The van der Waals surface area contributed by atoms with Crippen molar-refractivity contribution in [1.29, 1.82) is 0 Å². The summed E-state index contributed by atoms with van der Waals surface area (Å²) in [4.78, 5) is 13.7. The van der Waals surface area contributed by atoms with Gasteiger partial charge < -0.3 is 5.11 Å². The third-order valence-corrected chi connectivity index (χ3v) is 7.32. The molecule has 2 aromatic heterocycles. The van der Waals surface area contributed by atoms with Gasteiger partial charge in [-0.2, -0.15) is 9.90 Å². The van der Waals surface area contributed by atoms with Gasteiger partial charge in [0.1, 0.15) is 5.69 Å². The van der Waals surface area contributed by atoms with Gasteiger partial charge in [0.2, 0.25) is 0 Å². The third-order valence-electron chi connectivity index (χ3n) is 7.32. The SMILES string of the molecule is Cc1nnn(-c2ccc(-c3ccc(C4(c5nn[nH]n5)CC4)cc3)cc2)c1N(C(=O)O)[C@H](C)c1ccccc1. The largest absolute Gasteiger partial charge is 0.465 e. The van der Waals surface area contributed by atoms with Gasteiger partial charge in [0, 0.05) is 0 Å². The maximum atomic E-state index is 12.4. The Bertz CT molecular complexity index is 1560. The predicted octanol–water partition coefficient (Wildman–Crippen LogP) is 5.08. The van der Waals surface area contributed by atoms with Crippen LogP contribution in [0.5, 0.6) is 0 Å². The fourth-order valence-corrected chi connectivity index (χ4v) is 5.03. The second-order valence-electron chi connectivity index (χ2n) is 9.59. The maximum absolute atomic E-state index is 12.4. The van der Waals surface area contributed by atoms with Gasteiger partial charge in [-0.1, -0.05) is 77.2 Å². The van der Waals surface area contributed by atoms with Crippen LogP contribution in [0.25, 0.3) is 16.8 Å². The molecule has 0 saturated heterocycles. The monoisotopic (exact) mass is 506 g/mol. The normalized spacial score (nSPS) is 14.7. The van der Waals surface area contributed by atoms with Crippen molar-refractivity contribution < 1.29 is 9.90 Å². The molecular weight excluding hydrogens is 480 g/mol. The summed E-state index contributed by atoms with van der Waals surface area (Å²) in [5.41, 5.74) is 5.30. The number of nitrogens with zero attached hydrogens (tertiary/aromatic N) is 7. The summed E-state index contributed by atoms with van der Waals surface area (Å²) in [6, 6.07) is 25.4. The number of amides is 1. The average molecular weight is 507 g/mol. The molecule has 1 amide bonds. The minimum atomic E-state index is -1.07. The van der Waals surface area contributed by atoms with Crippen molar-refractivity contribution in [3.63, 3.8) is 0 Å². The van der Waals surface area contributed by atoms with Crippen LogP contribution in [0.1, 0.15) is 48.5 Å². The van der Waals surface area contributed by atoms with Crippen molar-refractivity contribution in [1.82, 2.24) is 35.6 Å². The van der Waals surface area contributed by atoms with E-state index in [-0.39, 0.29) is 5.41 Å². The molecule has 38 heavy (non-hydrogen) atoms. The second kappa shape index (κ2) is 9.22. The molecule has 1 aliphatic rings. The van der Waals surface area contributed by atoms with Gasteiger partial charge in [0.25, 0.3) is 0 Å². The van der Waals surface area contributed by atoms with E-state index in [1.807, 2.05) is 61.5 Å². The summed E-state index contributed by atoms with van der Waals surface area (Å²) in [6.07, 6.45) is 0.950. The Labute approximate surface area is 218 Å². The molecule has 0 radical (unpaired) electrons. The number of tetrazole rings is 1. The van der Waals surface area contributed by atoms with Crippen molar-refractivity contribution in [2.45, 2.75) is 38.1 Å². The van der Waals surface area contributed by atoms with Crippen LogP contribution in [-0.2, 0) is 5.41 Å². The zero-order valence-electron chi connectivity index (χ0n) is 21.0. The van der Waals surface area contributed by atoms with E-state index in [1.54, 1.807) is 11.6 Å². The summed E-state index contributed by atoms with van der Waals surface area (Å²) >= 11 is 0. The first-order chi connectivity index (χ1) is 18.5. The number of aromatic nitrogens is 7. The smallest absolute Gasteiger partial charge is 0.413 e. The van der Waals surface area contributed by atoms with Gasteiger partial charge in [-0.05, 0) is 61.1 Å². The number of benzene rings is 3. The van der Waals surface area contributed by atoms with E-state index in [9.17, 15) is 9.90 Å². The molecule has 1 fully saturated rings. The van der Waals surface area contributed by atoms with E-state index >= 15 is 0 Å². The fourth-order valence-electron chi connectivity index (χ4n) is 5.03. The Morgan fingerprint density at radius 3 is 2.21 bits per heavy atom. The Hall–Kier alpha value is -4.86. The van der Waals surface area contributed by atoms with Crippen LogP contribution in [-0.4, -0.2) is 46.8 Å². The standard InChI is InChI=1S/C28H26N8O2/c1-18-25(35(27(37)38)19(2)20-6-4-3-5-7-20)36(34-29-18)24-14-10-22(11-15-24)21-8-12-23(13-9-21)28(16-17-28)26-30-32-33-31-26/h3-15,19H,16-17H2,1-2H3,(H,37,38)(H,30,31,32,33)/t19-/m1/s1. The van der Waals surface area contributed by atoms with Crippen molar-refractivity contribution >= 4 is 11.9 Å². The molecule has 1 atom stereocenters. The number of hydrogen-bond acceptors (Lipinski definition) is 6. The van der Waals surface area contributed by atoms with Crippen molar-refractivity contribution in [2.75, 3.05) is 4.90 Å². The van der Waals surface area contributed by atoms with Gasteiger partial charge >= 0.3 is 6.09 Å². The number of carbonyl (C=O) groups is 1. The molecule has 0 spiro atoms. The Kier molecular flexibility index (Phi) is 5.71. The minimum absolute atomic E-state index is 0.135. The Morgan fingerprint density at radius 2 is 1.63 bits per heavy atom. The molecule has 0 bridgehead atoms. The van der Waals surface area contributed by atoms with Gasteiger partial charge in [-0.3, -0.25) is 4.90 Å². The molecule has 10 heteroatoms.